The molecule has 21 heavy (non-hydrogen) atoms. The number of hydroxylamine groups is 1. The molecule has 1 amide bonds. The number of amides is 1. The minimum absolute atomic E-state index is 0.215. The van der Waals surface area contributed by atoms with E-state index in [4.69, 9.17) is 5.21 Å². The van der Waals surface area contributed by atoms with Crippen LogP contribution in [0.5, 0.6) is 0 Å². The number of benzene rings is 2. The van der Waals surface area contributed by atoms with Gasteiger partial charge in [-0.05, 0) is 24.3 Å². The van der Waals surface area contributed by atoms with Crippen LogP contribution in [0.15, 0.2) is 53.3 Å². The van der Waals surface area contributed by atoms with E-state index in [1.165, 1.54) is 12.1 Å². The Bertz CT molecular complexity index is 869. The summed E-state index contributed by atoms with van der Waals surface area (Å²) in [6, 6.07) is 13.4. The largest absolute Gasteiger partial charge is 0.306 e. The smallest absolute Gasteiger partial charge is 0.274 e. The molecule has 0 saturated heterocycles. The average molecular weight is 281 g/mol. The highest BCUT2D eigenvalue weighted by Crippen LogP contribution is 2.17. The number of aromatic nitrogens is 2. The van der Waals surface area contributed by atoms with Gasteiger partial charge in [-0.15, -0.1) is 0 Å². The topological polar surface area (TPSA) is 95.1 Å². The summed E-state index contributed by atoms with van der Waals surface area (Å²) in [5, 5.41) is 9.10. The number of hydrogen-bond acceptors (Lipinski definition) is 4. The summed E-state index contributed by atoms with van der Waals surface area (Å²) in [5.74, 6) is -0.170. The van der Waals surface area contributed by atoms with E-state index in [2.05, 4.69) is 9.97 Å². The van der Waals surface area contributed by atoms with Crippen LogP contribution in [0.2, 0.25) is 0 Å². The maximum Gasteiger partial charge on any atom is 0.274 e. The number of hydrogen-bond donors (Lipinski definition) is 3. The maximum atomic E-state index is 12.0. The zero-order valence-corrected chi connectivity index (χ0v) is 10.8. The number of rotatable bonds is 2. The van der Waals surface area contributed by atoms with Crippen molar-refractivity contribution in [3.05, 3.63) is 64.4 Å². The predicted molar refractivity (Wildman–Crippen MR) is 77.1 cm³/mol. The molecule has 3 N–H and O–H groups in total. The summed E-state index contributed by atoms with van der Waals surface area (Å²) in [6.07, 6.45) is 0. The van der Waals surface area contributed by atoms with E-state index in [1.54, 1.807) is 35.8 Å². The van der Waals surface area contributed by atoms with E-state index >= 15 is 0 Å². The van der Waals surface area contributed by atoms with Gasteiger partial charge in [-0.2, -0.15) is 0 Å². The van der Waals surface area contributed by atoms with Crippen molar-refractivity contribution in [3.63, 3.8) is 0 Å². The van der Waals surface area contributed by atoms with Crippen molar-refractivity contribution in [1.82, 2.24) is 15.4 Å². The van der Waals surface area contributed by atoms with Crippen molar-refractivity contribution in [2.75, 3.05) is 0 Å². The van der Waals surface area contributed by atoms with Gasteiger partial charge >= 0.3 is 0 Å². The molecule has 0 fully saturated rings. The maximum absolute atomic E-state index is 12.0. The molecular formula is C15H11N3O3. The van der Waals surface area contributed by atoms with E-state index in [1.807, 2.05) is 6.07 Å². The second kappa shape index (κ2) is 5.18. The number of nitrogens with zero attached hydrogens (tertiary/aromatic N) is 1. The second-order valence-electron chi connectivity index (χ2n) is 4.45. The molecule has 6 nitrogen and oxygen atoms in total. The van der Waals surface area contributed by atoms with Gasteiger partial charge < -0.3 is 4.98 Å². The van der Waals surface area contributed by atoms with Crippen molar-refractivity contribution in [1.29, 1.82) is 0 Å². The molecule has 2 aromatic carbocycles. The fourth-order valence-electron chi connectivity index (χ4n) is 2.07. The lowest BCUT2D eigenvalue weighted by Crippen LogP contribution is -2.18. The van der Waals surface area contributed by atoms with E-state index in [-0.39, 0.29) is 5.56 Å². The zero-order valence-electron chi connectivity index (χ0n) is 10.8. The number of carbonyl (C=O) groups is 1. The van der Waals surface area contributed by atoms with Crippen molar-refractivity contribution >= 4 is 16.8 Å². The van der Waals surface area contributed by atoms with Gasteiger partial charge in [0.15, 0.2) is 0 Å². The molecule has 3 aromatic rings. The van der Waals surface area contributed by atoms with Crippen molar-refractivity contribution in [2.24, 2.45) is 0 Å². The Morgan fingerprint density at radius 1 is 1.10 bits per heavy atom. The minimum atomic E-state index is -0.596. The van der Waals surface area contributed by atoms with Gasteiger partial charge in [0.25, 0.3) is 11.5 Å². The van der Waals surface area contributed by atoms with E-state index < -0.39 is 5.91 Å². The second-order valence-corrected chi connectivity index (χ2v) is 4.45. The van der Waals surface area contributed by atoms with Gasteiger partial charge in [0.2, 0.25) is 0 Å². The van der Waals surface area contributed by atoms with Crippen LogP contribution in [0.1, 0.15) is 10.4 Å². The van der Waals surface area contributed by atoms with Gasteiger partial charge in [-0.1, -0.05) is 24.3 Å². The quantitative estimate of drug-likeness (QED) is 0.492. The van der Waals surface area contributed by atoms with E-state index in [0.717, 1.165) is 0 Å². The number of aromatic amines is 1. The Balaban J connectivity index is 2.08. The standard InChI is InChI=1S/C15H11N3O3/c19-14(18-21)10-7-5-9(6-8-10)13-16-12-4-2-1-3-11(12)15(20)17-13/h1-8,21H,(H,18,19)(H,16,17,20). The third-order valence-electron chi connectivity index (χ3n) is 3.13. The highest BCUT2D eigenvalue weighted by molar-refractivity contribution is 5.93. The van der Waals surface area contributed by atoms with Crippen molar-refractivity contribution in [3.8, 4) is 11.4 Å². The number of para-hydroxylation sites is 1. The Labute approximate surface area is 119 Å². The van der Waals surface area contributed by atoms with Gasteiger partial charge in [-0.25, -0.2) is 10.5 Å². The molecule has 0 spiro atoms. The molecule has 0 aliphatic heterocycles. The average Bonchev–Trinajstić information content (AvgIpc) is 2.54. The molecule has 3 rings (SSSR count). The van der Waals surface area contributed by atoms with Crippen LogP contribution in [0.25, 0.3) is 22.3 Å². The van der Waals surface area contributed by atoms with Crippen LogP contribution in [0.3, 0.4) is 0 Å². The van der Waals surface area contributed by atoms with Crippen LogP contribution in [-0.4, -0.2) is 21.1 Å². The van der Waals surface area contributed by atoms with Crippen LogP contribution in [0.4, 0.5) is 0 Å². The first kappa shape index (κ1) is 13.0. The van der Waals surface area contributed by atoms with Crippen LogP contribution < -0.4 is 11.0 Å². The predicted octanol–water partition coefficient (Wildman–Crippen LogP) is 1.71. The molecule has 104 valence electrons. The van der Waals surface area contributed by atoms with Crippen LogP contribution in [0, 0.1) is 0 Å². The monoisotopic (exact) mass is 281 g/mol. The van der Waals surface area contributed by atoms with Gasteiger partial charge in [-0.3, -0.25) is 14.8 Å². The molecule has 0 aliphatic rings. The summed E-state index contributed by atoms with van der Waals surface area (Å²) < 4.78 is 0. The molecule has 0 saturated carbocycles. The Morgan fingerprint density at radius 3 is 2.52 bits per heavy atom. The lowest BCUT2D eigenvalue weighted by Gasteiger charge is -2.04. The summed E-state index contributed by atoms with van der Waals surface area (Å²) in [7, 11) is 0. The number of carbonyl (C=O) groups excluding carboxylic acids is 1. The summed E-state index contributed by atoms with van der Waals surface area (Å²) in [5.41, 5.74) is 2.93. The van der Waals surface area contributed by atoms with Crippen molar-refractivity contribution in [2.45, 2.75) is 0 Å². The summed E-state index contributed by atoms with van der Waals surface area (Å²) in [4.78, 5) is 30.4. The van der Waals surface area contributed by atoms with Crippen LogP contribution >= 0.6 is 0 Å². The number of H-pyrrole nitrogens is 1. The number of nitrogens with one attached hydrogen (secondary N) is 2. The fourth-order valence-corrected chi connectivity index (χ4v) is 2.07. The fraction of sp³-hybridized carbons (Fsp3) is 0. The molecule has 1 heterocycles. The van der Waals surface area contributed by atoms with Gasteiger partial charge in [0.1, 0.15) is 5.82 Å². The minimum Gasteiger partial charge on any atom is -0.306 e. The zero-order chi connectivity index (χ0) is 14.8. The highest BCUT2D eigenvalue weighted by Gasteiger charge is 2.07. The Morgan fingerprint density at radius 2 is 1.81 bits per heavy atom. The molecule has 0 atom stereocenters. The molecular weight excluding hydrogens is 270 g/mol. The summed E-state index contributed by atoms with van der Waals surface area (Å²) in [6.45, 7) is 0. The molecule has 0 radical (unpaired) electrons. The third-order valence-corrected chi connectivity index (χ3v) is 3.13. The van der Waals surface area contributed by atoms with E-state index in [0.29, 0.717) is 27.9 Å². The highest BCUT2D eigenvalue weighted by atomic mass is 16.5. The van der Waals surface area contributed by atoms with Crippen LogP contribution in [-0.2, 0) is 0 Å². The molecule has 0 bridgehead atoms. The van der Waals surface area contributed by atoms with Crippen molar-refractivity contribution < 1.29 is 10.0 Å². The lowest BCUT2D eigenvalue weighted by molar-refractivity contribution is 0.0706. The lowest BCUT2D eigenvalue weighted by atomic mass is 10.1. The Hall–Kier alpha value is -2.99. The first-order valence-electron chi connectivity index (χ1n) is 6.23. The SMILES string of the molecule is O=C(NO)c1ccc(-c2nc3ccccc3c(=O)[nH]2)cc1. The molecule has 0 aliphatic carbocycles. The molecule has 1 aromatic heterocycles. The molecule has 6 heteroatoms. The Kier molecular flexibility index (Phi) is 3.21. The van der Waals surface area contributed by atoms with Gasteiger partial charge in [0.05, 0.1) is 10.9 Å². The van der Waals surface area contributed by atoms with E-state index in [9.17, 15) is 9.59 Å². The first-order valence-corrected chi connectivity index (χ1v) is 6.23. The third kappa shape index (κ3) is 2.39. The number of fused-ring (bicyclic) bond motifs is 1. The first-order chi connectivity index (χ1) is 10.2. The molecule has 0 unspecified atom stereocenters. The summed E-state index contributed by atoms with van der Waals surface area (Å²) >= 11 is 0. The van der Waals surface area contributed by atoms with Gasteiger partial charge in [0, 0.05) is 11.1 Å². The normalized spacial score (nSPS) is 10.5.